The first-order chi connectivity index (χ1) is 10.0. The molecular formula is C15H16FN3O2. The topological polar surface area (TPSA) is 76.4 Å². The number of anilines is 2. The number of rotatable bonds is 4. The fourth-order valence-electron chi connectivity index (χ4n) is 1.91. The second kappa shape index (κ2) is 6.23. The number of hydrazine groups is 1. The van der Waals surface area contributed by atoms with E-state index in [2.05, 4.69) is 10.7 Å². The molecule has 0 bridgehead atoms. The summed E-state index contributed by atoms with van der Waals surface area (Å²) < 4.78 is 18.2. The Bertz CT molecular complexity index is 674. The average molecular weight is 289 g/mol. The van der Waals surface area contributed by atoms with Crippen LogP contribution in [0.1, 0.15) is 15.9 Å². The molecule has 110 valence electrons. The number of amides is 1. The molecule has 0 aliphatic heterocycles. The maximum atomic E-state index is 13.3. The Balaban J connectivity index is 2.19. The van der Waals surface area contributed by atoms with Gasteiger partial charge >= 0.3 is 0 Å². The highest BCUT2D eigenvalue weighted by molar-refractivity contribution is 6.04. The van der Waals surface area contributed by atoms with Crippen molar-refractivity contribution in [2.75, 3.05) is 17.9 Å². The highest BCUT2D eigenvalue weighted by Crippen LogP contribution is 2.22. The largest absolute Gasteiger partial charge is 0.494 e. The van der Waals surface area contributed by atoms with E-state index in [0.717, 1.165) is 11.3 Å². The van der Waals surface area contributed by atoms with Crippen molar-refractivity contribution in [1.82, 2.24) is 0 Å². The summed E-state index contributed by atoms with van der Waals surface area (Å²) >= 11 is 0. The van der Waals surface area contributed by atoms with E-state index in [-0.39, 0.29) is 11.7 Å². The minimum absolute atomic E-state index is 0.0756. The van der Waals surface area contributed by atoms with Crippen molar-refractivity contribution in [2.24, 2.45) is 5.84 Å². The molecule has 0 fully saturated rings. The SMILES string of the molecule is COc1cc(NC(=O)c2ccc(NN)c(C)c2)ccc1F. The molecule has 0 radical (unpaired) electrons. The van der Waals surface area contributed by atoms with Gasteiger partial charge in [0.2, 0.25) is 0 Å². The Labute approximate surface area is 121 Å². The third kappa shape index (κ3) is 3.29. The molecule has 0 aliphatic carbocycles. The van der Waals surface area contributed by atoms with Crippen LogP contribution in [0.15, 0.2) is 36.4 Å². The molecule has 0 atom stereocenters. The number of ether oxygens (including phenoxy) is 1. The quantitative estimate of drug-likeness (QED) is 0.597. The van der Waals surface area contributed by atoms with E-state index in [0.29, 0.717) is 11.3 Å². The van der Waals surface area contributed by atoms with Gasteiger partial charge in [-0.25, -0.2) is 4.39 Å². The van der Waals surface area contributed by atoms with Crippen molar-refractivity contribution >= 4 is 17.3 Å². The molecule has 2 aromatic rings. The van der Waals surface area contributed by atoms with Crippen molar-refractivity contribution in [3.8, 4) is 5.75 Å². The number of hydrogen-bond donors (Lipinski definition) is 3. The van der Waals surface area contributed by atoms with E-state index in [1.54, 1.807) is 18.2 Å². The number of nitrogens with two attached hydrogens (primary N) is 1. The Kier molecular flexibility index (Phi) is 4.39. The number of carbonyl (C=O) groups is 1. The lowest BCUT2D eigenvalue weighted by molar-refractivity contribution is 0.102. The van der Waals surface area contributed by atoms with E-state index in [1.165, 1.54) is 25.3 Å². The van der Waals surface area contributed by atoms with Gasteiger partial charge in [-0.3, -0.25) is 10.6 Å². The zero-order valence-electron chi connectivity index (χ0n) is 11.7. The molecule has 4 N–H and O–H groups in total. The van der Waals surface area contributed by atoms with Crippen LogP contribution in [0.25, 0.3) is 0 Å². The van der Waals surface area contributed by atoms with Crippen molar-refractivity contribution in [3.63, 3.8) is 0 Å². The van der Waals surface area contributed by atoms with E-state index < -0.39 is 5.82 Å². The second-order valence-electron chi connectivity index (χ2n) is 4.48. The molecule has 0 saturated heterocycles. The fourth-order valence-corrected chi connectivity index (χ4v) is 1.91. The van der Waals surface area contributed by atoms with Gasteiger partial charge in [-0.05, 0) is 42.8 Å². The third-order valence-electron chi connectivity index (χ3n) is 3.05. The molecule has 2 aromatic carbocycles. The number of benzene rings is 2. The summed E-state index contributed by atoms with van der Waals surface area (Å²) in [6.07, 6.45) is 0. The number of nitrogens with one attached hydrogen (secondary N) is 2. The summed E-state index contributed by atoms with van der Waals surface area (Å²) in [5, 5.41) is 2.69. The van der Waals surface area contributed by atoms with Crippen LogP contribution in [0.3, 0.4) is 0 Å². The van der Waals surface area contributed by atoms with Gasteiger partial charge in [-0.1, -0.05) is 0 Å². The van der Waals surface area contributed by atoms with E-state index >= 15 is 0 Å². The number of nitrogen functional groups attached to an aromatic ring is 1. The standard InChI is InChI=1S/C15H16FN3O2/c1-9-7-10(3-6-13(9)19-17)15(20)18-11-4-5-12(16)14(8-11)21-2/h3-8,19H,17H2,1-2H3,(H,18,20). The third-order valence-corrected chi connectivity index (χ3v) is 3.05. The van der Waals surface area contributed by atoms with Crippen LogP contribution in [-0.2, 0) is 0 Å². The zero-order chi connectivity index (χ0) is 15.4. The Morgan fingerprint density at radius 3 is 2.62 bits per heavy atom. The molecule has 0 spiro atoms. The number of methoxy groups -OCH3 is 1. The van der Waals surface area contributed by atoms with Gasteiger partial charge in [-0.2, -0.15) is 0 Å². The first-order valence-corrected chi connectivity index (χ1v) is 6.27. The van der Waals surface area contributed by atoms with E-state index in [4.69, 9.17) is 10.6 Å². The molecule has 0 saturated carbocycles. The first kappa shape index (κ1) is 14.8. The zero-order valence-corrected chi connectivity index (χ0v) is 11.7. The van der Waals surface area contributed by atoms with Crippen LogP contribution < -0.4 is 21.3 Å². The molecule has 5 nitrogen and oxygen atoms in total. The van der Waals surface area contributed by atoms with Gasteiger partial charge in [0.05, 0.1) is 12.8 Å². The van der Waals surface area contributed by atoms with Crippen LogP contribution >= 0.6 is 0 Å². The molecule has 0 aromatic heterocycles. The van der Waals surface area contributed by atoms with Gasteiger partial charge < -0.3 is 15.5 Å². The summed E-state index contributed by atoms with van der Waals surface area (Å²) in [5.41, 5.74) is 5.07. The molecule has 0 heterocycles. The lowest BCUT2D eigenvalue weighted by atomic mass is 10.1. The molecule has 1 amide bonds. The molecular weight excluding hydrogens is 273 g/mol. The lowest BCUT2D eigenvalue weighted by Crippen LogP contribution is -2.13. The van der Waals surface area contributed by atoms with Crippen LogP contribution in [0.4, 0.5) is 15.8 Å². The predicted molar refractivity (Wildman–Crippen MR) is 79.9 cm³/mol. The minimum atomic E-state index is -0.482. The minimum Gasteiger partial charge on any atom is -0.494 e. The summed E-state index contributed by atoms with van der Waals surface area (Å²) in [4.78, 5) is 12.2. The normalized spacial score (nSPS) is 10.1. The van der Waals surface area contributed by atoms with Crippen molar-refractivity contribution in [1.29, 1.82) is 0 Å². The highest BCUT2D eigenvalue weighted by atomic mass is 19.1. The number of carbonyl (C=O) groups excluding carboxylic acids is 1. The average Bonchev–Trinajstić information content (AvgIpc) is 2.49. The summed E-state index contributed by atoms with van der Waals surface area (Å²) in [6, 6.07) is 9.22. The van der Waals surface area contributed by atoms with Crippen molar-refractivity contribution in [2.45, 2.75) is 6.92 Å². The van der Waals surface area contributed by atoms with Crippen molar-refractivity contribution in [3.05, 3.63) is 53.3 Å². The van der Waals surface area contributed by atoms with Gasteiger partial charge in [0.15, 0.2) is 11.6 Å². The van der Waals surface area contributed by atoms with Crippen LogP contribution in [0.2, 0.25) is 0 Å². The molecule has 6 heteroatoms. The van der Waals surface area contributed by atoms with Crippen LogP contribution in [0, 0.1) is 12.7 Å². The van der Waals surface area contributed by atoms with E-state index in [1.807, 2.05) is 6.92 Å². The second-order valence-corrected chi connectivity index (χ2v) is 4.48. The number of aryl methyl sites for hydroxylation is 1. The Hall–Kier alpha value is -2.60. The van der Waals surface area contributed by atoms with Gasteiger partial charge in [0, 0.05) is 17.3 Å². The van der Waals surface area contributed by atoms with Crippen LogP contribution in [0.5, 0.6) is 5.75 Å². The summed E-state index contributed by atoms with van der Waals surface area (Å²) in [6.45, 7) is 1.84. The molecule has 0 unspecified atom stereocenters. The maximum Gasteiger partial charge on any atom is 0.255 e. The van der Waals surface area contributed by atoms with Crippen molar-refractivity contribution < 1.29 is 13.9 Å². The molecule has 21 heavy (non-hydrogen) atoms. The smallest absolute Gasteiger partial charge is 0.255 e. The maximum absolute atomic E-state index is 13.3. The fraction of sp³-hybridized carbons (Fsp3) is 0.133. The van der Waals surface area contributed by atoms with Gasteiger partial charge in [0.25, 0.3) is 5.91 Å². The monoisotopic (exact) mass is 289 g/mol. The number of halogens is 1. The van der Waals surface area contributed by atoms with Gasteiger partial charge in [0.1, 0.15) is 0 Å². The van der Waals surface area contributed by atoms with Gasteiger partial charge in [-0.15, -0.1) is 0 Å². The summed E-state index contributed by atoms with van der Waals surface area (Å²) in [5.74, 6) is 4.64. The molecule has 0 aliphatic rings. The molecule has 2 rings (SSSR count). The number of hydrogen-bond acceptors (Lipinski definition) is 4. The first-order valence-electron chi connectivity index (χ1n) is 6.27. The Morgan fingerprint density at radius 1 is 1.24 bits per heavy atom. The lowest BCUT2D eigenvalue weighted by Gasteiger charge is -2.10. The van der Waals surface area contributed by atoms with Crippen LogP contribution in [-0.4, -0.2) is 13.0 Å². The Morgan fingerprint density at radius 2 is 2.00 bits per heavy atom. The van der Waals surface area contributed by atoms with E-state index in [9.17, 15) is 9.18 Å². The highest BCUT2D eigenvalue weighted by Gasteiger charge is 2.10. The predicted octanol–water partition coefficient (Wildman–Crippen LogP) is 2.68. The summed E-state index contributed by atoms with van der Waals surface area (Å²) in [7, 11) is 1.37.